The predicted molar refractivity (Wildman–Crippen MR) is 57.7 cm³/mol. The van der Waals surface area contributed by atoms with Crippen molar-refractivity contribution in [3.8, 4) is 0 Å². The highest BCUT2D eigenvalue weighted by Gasteiger charge is 2.26. The lowest BCUT2D eigenvalue weighted by molar-refractivity contribution is -0.131. The zero-order valence-corrected chi connectivity index (χ0v) is 9.62. The first-order chi connectivity index (χ1) is 7.29. The summed E-state index contributed by atoms with van der Waals surface area (Å²) in [5.41, 5.74) is 5.78. The van der Waals surface area contributed by atoms with E-state index in [1.54, 1.807) is 0 Å². The second kappa shape index (κ2) is 4.90. The Bertz CT molecular complexity index is 379. The van der Waals surface area contributed by atoms with Crippen molar-refractivity contribution in [1.82, 2.24) is 0 Å². The van der Waals surface area contributed by atoms with Gasteiger partial charge in [0.2, 0.25) is 0 Å². The van der Waals surface area contributed by atoms with Crippen LogP contribution in [-0.4, -0.2) is 12.7 Å². The third-order valence-electron chi connectivity index (χ3n) is 1.82. The summed E-state index contributed by atoms with van der Waals surface area (Å²) >= 11 is 2.92. The lowest BCUT2D eigenvalue weighted by atomic mass is 10.2. The zero-order chi connectivity index (χ0) is 12.3. The number of halogens is 5. The number of anilines is 2. The van der Waals surface area contributed by atoms with Gasteiger partial charge in [-0.15, -0.1) is 0 Å². The molecular formula is C9H9BrF4N2. The third kappa shape index (κ3) is 3.88. The molecule has 1 rings (SSSR count). The van der Waals surface area contributed by atoms with Crippen LogP contribution in [0.1, 0.15) is 6.42 Å². The van der Waals surface area contributed by atoms with Gasteiger partial charge in [0, 0.05) is 12.6 Å². The molecular weight excluding hydrogens is 292 g/mol. The number of benzene rings is 1. The Morgan fingerprint density at radius 2 is 1.94 bits per heavy atom. The van der Waals surface area contributed by atoms with Gasteiger partial charge < -0.3 is 11.1 Å². The van der Waals surface area contributed by atoms with Gasteiger partial charge in [0.15, 0.2) is 0 Å². The van der Waals surface area contributed by atoms with E-state index in [0.29, 0.717) is 0 Å². The minimum absolute atomic E-state index is 0.0721. The van der Waals surface area contributed by atoms with E-state index in [1.165, 1.54) is 6.07 Å². The predicted octanol–water partition coefficient (Wildman–Crippen LogP) is 3.53. The summed E-state index contributed by atoms with van der Waals surface area (Å²) in [5, 5.41) is 2.50. The van der Waals surface area contributed by atoms with Gasteiger partial charge in [0.1, 0.15) is 5.82 Å². The molecule has 0 saturated heterocycles. The number of rotatable bonds is 3. The molecule has 0 spiro atoms. The highest BCUT2D eigenvalue weighted by Crippen LogP contribution is 2.27. The molecule has 1 aromatic rings. The molecule has 0 atom stereocenters. The fraction of sp³-hybridized carbons (Fsp3) is 0.333. The van der Waals surface area contributed by atoms with Crippen molar-refractivity contribution in [2.75, 3.05) is 17.6 Å². The number of alkyl halides is 3. The number of nitrogens with two attached hydrogens (primary N) is 1. The molecule has 0 bridgehead atoms. The maximum atomic E-state index is 12.9. The normalized spacial score (nSPS) is 11.6. The summed E-state index contributed by atoms with van der Waals surface area (Å²) in [5.74, 6) is -0.557. The van der Waals surface area contributed by atoms with E-state index in [4.69, 9.17) is 5.73 Å². The van der Waals surface area contributed by atoms with Gasteiger partial charge in [-0.05, 0) is 22.0 Å². The average Bonchev–Trinajstić information content (AvgIpc) is 2.11. The van der Waals surface area contributed by atoms with Crippen molar-refractivity contribution in [2.24, 2.45) is 0 Å². The molecule has 0 aliphatic rings. The second-order valence-corrected chi connectivity index (χ2v) is 4.00. The van der Waals surface area contributed by atoms with Crippen LogP contribution >= 0.6 is 15.9 Å². The number of nitrogen functional groups attached to an aromatic ring is 1. The molecule has 90 valence electrons. The van der Waals surface area contributed by atoms with Gasteiger partial charge in [-0.3, -0.25) is 0 Å². The molecule has 16 heavy (non-hydrogen) atoms. The van der Waals surface area contributed by atoms with E-state index in [0.717, 1.165) is 6.07 Å². The van der Waals surface area contributed by atoms with Crippen LogP contribution in [0, 0.1) is 5.82 Å². The van der Waals surface area contributed by atoms with E-state index in [9.17, 15) is 17.6 Å². The lowest BCUT2D eigenvalue weighted by Crippen LogP contribution is -2.15. The standard InChI is InChI=1S/C9H9BrF4N2/c10-5-3-8(7(15)4-6(5)11)16-2-1-9(12,13)14/h3-4,16H,1-2,15H2. The van der Waals surface area contributed by atoms with Crippen LogP contribution < -0.4 is 11.1 Å². The molecule has 2 nitrogen and oxygen atoms in total. The van der Waals surface area contributed by atoms with Crippen LogP contribution in [0.15, 0.2) is 16.6 Å². The van der Waals surface area contributed by atoms with E-state index in [1.807, 2.05) is 0 Å². The van der Waals surface area contributed by atoms with Crippen molar-refractivity contribution >= 4 is 27.3 Å². The SMILES string of the molecule is Nc1cc(F)c(Br)cc1NCCC(F)(F)F. The van der Waals surface area contributed by atoms with Crippen molar-refractivity contribution in [2.45, 2.75) is 12.6 Å². The maximum absolute atomic E-state index is 12.9. The monoisotopic (exact) mass is 300 g/mol. The van der Waals surface area contributed by atoms with Gasteiger partial charge >= 0.3 is 6.18 Å². The Labute approximate surface area is 97.9 Å². The van der Waals surface area contributed by atoms with Crippen LogP contribution in [0.4, 0.5) is 28.9 Å². The average molecular weight is 301 g/mol. The van der Waals surface area contributed by atoms with Crippen LogP contribution in [0.25, 0.3) is 0 Å². The van der Waals surface area contributed by atoms with Crippen molar-refractivity contribution < 1.29 is 17.6 Å². The Morgan fingerprint density at radius 3 is 2.50 bits per heavy atom. The van der Waals surface area contributed by atoms with Crippen molar-refractivity contribution in [3.05, 3.63) is 22.4 Å². The van der Waals surface area contributed by atoms with Gasteiger partial charge in [-0.25, -0.2) is 4.39 Å². The largest absolute Gasteiger partial charge is 0.397 e. The minimum atomic E-state index is -4.22. The van der Waals surface area contributed by atoms with Crippen LogP contribution in [0.2, 0.25) is 0 Å². The number of hydrogen-bond donors (Lipinski definition) is 2. The summed E-state index contributed by atoms with van der Waals surface area (Å²) < 4.78 is 48.7. The van der Waals surface area contributed by atoms with Gasteiger partial charge in [-0.1, -0.05) is 0 Å². The van der Waals surface area contributed by atoms with Gasteiger partial charge in [0.05, 0.1) is 22.3 Å². The molecule has 0 radical (unpaired) electrons. The van der Waals surface area contributed by atoms with Gasteiger partial charge in [-0.2, -0.15) is 13.2 Å². The van der Waals surface area contributed by atoms with E-state index in [-0.39, 0.29) is 22.4 Å². The molecule has 0 unspecified atom stereocenters. The Morgan fingerprint density at radius 1 is 1.31 bits per heavy atom. The quantitative estimate of drug-likeness (QED) is 0.662. The summed E-state index contributed by atoms with van der Waals surface area (Å²) in [4.78, 5) is 0. The molecule has 0 aliphatic heterocycles. The molecule has 0 amide bonds. The van der Waals surface area contributed by atoms with Crippen LogP contribution in [-0.2, 0) is 0 Å². The first-order valence-corrected chi connectivity index (χ1v) is 5.14. The maximum Gasteiger partial charge on any atom is 0.390 e. The molecule has 0 saturated carbocycles. The summed E-state index contributed by atoms with van der Waals surface area (Å²) in [6.45, 7) is -0.300. The van der Waals surface area contributed by atoms with Gasteiger partial charge in [0.25, 0.3) is 0 Å². The fourth-order valence-corrected chi connectivity index (χ4v) is 1.40. The fourth-order valence-electron chi connectivity index (χ4n) is 1.05. The molecule has 0 fully saturated rings. The Kier molecular flexibility index (Phi) is 4.01. The first kappa shape index (κ1) is 13.1. The summed E-state index contributed by atoms with van der Waals surface area (Å²) in [6, 6.07) is 2.35. The third-order valence-corrected chi connectivity index (χ3v) is 2.42. The highest BCUT2D eigenvalue weighted by molar-refractivity contribution is 9.10. The smallest absolute Gasteiger partial charge is 0.390 e. The van der Waals surface area contributed by atoms with Crippen molar-refractivity contribution in [3.63, 3.8) is 0 Å². The minimum Gasteiger partial charge on any atom is -0.397 e. The molecule has 7 heteroatoms. The van der Waals surface area contributed by atoms with E-state index >= 15 is 0 Å². The molecule has 0 aliphatic carbocycles. The Balaban J connectivity index is 2.64. The number of nitrogens with one attached hydrogen (secondary N) is 1. The highest BCUT2D eigenvalue weighted by atomic mass is 79.9. The van der Waals surface area contributed by atoms with E-state index in [2.05, 4.69) is 21.2 Å². The molecule has 0 heterocycles. The molecule has 3 N–H and O–H groups in total. The second-order valence-electron chi connectivity index (χ2n) is 3.15. The van der Waals surface area contributed by atoms with Crippen molar-refractivity contribution in [1.29, 1.82) is 0 Å². The molecule has 0 aromatic heterocycles. The van der Waals surface area contributed by atoms with Crippen LogP contribution in [0.3, 0.4) is 0 Å². The summed E-state index contributed by atoms with van der Waals surface area (Å²) in [7, 11) is 0. The van der Waals surface area contributed by atoms with E-state index < -0.39 is 18.4 Å². The Hall–Kier alpha value is -0.980. The topological polar surface area (TPSA) is 38.0 Å². The first-order valence-electron chi connectivity index (χ1n) is 4.35. The zero-order valence-electron chi connectivity index (χ0n) is 8.04. The number of hydrogen-bond acceptors (Lipinski definition) is 2. The summed E-state index contributed by atoms with van der Waals surface area (Å²) in [6.07, 6.45) is -5.19. The van der Waals surface area contributed by atoms with Crippen LogP contribution in [0.5, 0.6) is 0 Å². The lowest BCUT2D eigenvalue weighted by Gasteiger charge is -2.11. The molecule has 1 aromatic carbocycles.